The second-order valence-corrected chi connectivity index (χ2v) is 7.31. The van der Waals surface area contributed by atoms with Gasteiger partial charge in [-0.3, -0.25) is 0 Å². The summed E-state index contributed by atoms with van der Waals surface area (Å²) in [5.74, 6) is 2.80. The Hall–Kier alpha value is -2.54. The number of piperazine rings is 2. The van der Waals surface area contributed by atoms with Gasteiger partial charge >= 0.3 is 0 Å². The lowest BCUT2D eigenvalue weighted by atomic mass is 10.2. The van der Waals surface area contributed by atoms with Gasteiger partial charge < -0.3 is 24.3 Å². The SMILES string of the molecule is CCN1CCN(c2nccc(N3CCN(c4ccc(OC)cc4)CC3)n2)CC1. The van der Waals surface area contributed by atoms with Crippen molar-refractivity contribution < 1.29 is 4.74 Å². The molecule has 1 aromatic carbocycles. The van der Waals surface area contributed by atoms with Crippen molar-refractivity contribution in [3.8, 4) is 5.75 Å². The molecule has 0 N–H and O–H groups in total. The van der Waals surface area contributed by atoms with Crippen molar-refractivity contribution >= 4 is 17.5 Å². The zero-order chi connectivity index (χ0) is 19.3. The molecule has 0 unspecified atom stereocenters. The van der Waals surface area contributed by atoms with Crippen LogP contribution < -0.4 is 19.4 Å². The van der Waals surface area contributed by atoms with Gasteiger partial charge in [0.2, 0.25) is 5.95 Å². The fraction of sp³-hybridized carbons (Fsp3) is 0.524. The summed E-state index contributed by atoms with van der Waals surface area (Å²) in [5, 5.41) is 0. The fourth-order valence-electron chi connectivity index (χ4n) is 3.92. The maximum absolute atomic E-state index is 5.26. The zero-order valence-electron chi connectivity index (χ0n) is 16.9. The number of methoxy groups -OCH3 is 1. The van der Waals surface area contributed by atoms with Crippen LogP contribution in [0.1, 0.15) is 6.92 Å². The van der Waals surface area contributed by atoms with E-state index in [1.807, 2.05) is 24.4 Å². The van der Waals surface area contributed by atoms with Crippen molar-refractivity contribution in [3.05, 3.63) is 36.5 Å². The molecule has 2 fully saturated rings. The Bertz CT molecular complexity index is 752. The zero-order valence-corrected chi connectivity index (χ0v) is 16.9. The summed E-state index contributed by atoms with van der Waals surface area (Å²) < 4.78 is 5.26. The monoisotopic (exact) mass is 382 g/mol. The van der Waals surface area contributed by atoms with E-state index in [2.05, 4.69) is 43.6 Å². The van der Waals surface area contributed by atoms with Crippen LogP contribution in [0, 0.1) is 0 Å². The largest absolute Gasteiger partial charge is 0.497 e. The molecule has 0 atom stereocenters. The summed E-state index contributed by atoms with van der Waals surface area (Å²) in [6.07, 6.45) is 1.90. The molecule has 150 valence electrons. The van der Waals surface area contributed by atoms with Gasteiger partial charge in [0, 0.05) is 64.2 Å². The van der Waals surface area contributed by atoms with Crippen LogP contribution in [0.4, 0.5) is 17.5 Å². The van der Waals surface area contributed by atoms with E-state index in [0.717, 1.165) is 76.4 Å². The summed E-state index contributed by atoms with van der Waals surface area (Å²) in [5.41, 5.74) is 1.25. The number of rotatable bonds is 5. The van der Waals surface area contributed by atoms with Crippen molar-refractivity contribution in [1.29, 1.82) is 0 Å². The smallest absolute Gasteiger partial charge is 0.227 e. The molecule has 0 amide bonds. The predicted molar refractivity (Wildman–Crippen MR) is 114 cm³/mol. The van der Waals surface area contributed by atoms with Crippen LogP contribution in [-0.2, 0) is 0 Å². The van der Waals surface area contributed by atoms with E-state index in [1.165, 1.54) is 5.69 Å². The highest BCUT2D eigenvalue weighted by Gasteiger charge is 2.21. The van der Waals surface area contributed by atoms with Gasteiger partial charge in [0.25, 0.3) is 0 Å². The molecule has 28 heavy (non-hydrogen) atoms. The Morgan fingerprint density at radius 1 is 0.821 bits per heavy atom. The lowest BCUT2D eigenvalue weighted by Gasteiger charge is -2.37. The number of anilines is 3. The molecule has 7 nitrogen and oxygen atoms in total. The van der Waals surface area contributed by atoms with E-state index >= 15 is 0 Å². The Balaban J connectivity index is 1.36. The Morgan fingerprint density at radius 2 is 1.46 bits per heavy atom. The average Bonchev–Trinajstić information content (AvgIpc) is 2.79. The van der Waals surface area contributed by atoms with Crippen LogP contribution in [0.3, 0.4) is 0 Å². The number of aromatic nitrogens is 2. The molecule has 2 saturated heterocycles. The van der Waals surface area contributed by atoms with Gasteiger partial charge in [-0.25, -0.2) is 4.98 Å². The second kappa shape index (κ2) is 8.65. The summed E-state index contributed by atoms with van der Waals surface area (Å²) in [7, 11) is 1.70. The van der Waals surface area contributed by atoms with Crippen LogP contribution in [0.15, 0.2) is 36.5 Å². The number of hydrogen-bond acceptors (Lipinski definition) is 7. The third-order valence-electron chi connectivity index (χ3n) is 5.77. The second-order valence-electron chi connectivity index (χ2n) is 7.31. The first-order valence-electron chi connectivity index (χ1n) is 10.2. The van der Waals surface area contributed by atoms with E-state index in [1.54, 1.807) is 7.11 Å². The van der Waals surface area contributed by atoms with Gasteiger partial charge in [0.15, 0.2) is 0 Å². The van der Waals surface area contributed by atoms with E-state index in [0.29, 0.717) is 0 Å². The Labute approximate surface area is 167 Å². The Kier molecular flexibility index (Phi) is 5.81. The summed E-state index contributed by atoms with van der Waals surface area (Å²) in [6, 6.07) is 10.3. The molecular formula is C21H30N6O. The molecule has 0 bridgehead atoms. The normalized spacial score (nSPS) is 18.4. The molecule has 1 aromatic heterocycles. The van der Waals surface area contributed by atoms with Gasteiger partial charge in [-0.2, -0.15) is 4.98 Å². The molecule has 2 aliphatic heterocycles. The highest BCUT2D eigenvalue weighted by molar-refractivity contribution is 5.52. The fourth-order valence-corrected chi connectivity index (χ4v) is 3.92. The highest BCUT2D eigenvalue weighted by Crippen LogP contribution is 2.23. The van der Waals surface area contributed by atoms with Crippen LogP contribution >= 0.6 is 0 Å². The first-order chi connectivity index (χ1) is 13.8. The van der Waals surface area contributed by atoms with Gasteiger partial charge in [0.1, 0.15) is 11.6 Å². The maximum Gasteiger partial charge on any atom is 0.227 e. The van der Waals surface area contributed by atoms with Gasteiger partial charge in [-0.1, -0.05) is 6.92 Å². The van der Waals surface area contributed by atoms with Crippen molar-refractivity contribution in [2.24, 2.45) is 0 Å². The number of nitrogens with zero attached hydrogens (tertiary/aromatic N) is 6. The summed E-state index contributed by atoms with van der Waals surface area (Å²) in [6.45, 7) is 11.4. The van der Waals surface area contributed by atoms with E-state index in [-0.39, 0.29) is 0 Å². The van der Waals surface area contributed by atoms with Crippen LogP contribution in [0.5, 0.6) is 5.75 Å². The van der Waals surface area contributed by atoms with Crippen LogP contribution in [-0.4, -0.2) is 80.9 Å². The molecule has 2 aromatic rings. The third kappa shape index (κ3) is 4.14. The van der Waals surface area contributed by atoms with Crippen molar-refractivity contribution in [2.45, 2.75) is 6.92 Å². The third-order valence-corrected chi connectivity index (χ3v) is 5.77. The molecule has 0 radical (unpaired) electrons. The first-order valence-corrected chi connectivity index (χ1v) is 10.2. The molecule has 7 heteroatoms. The molecule has 4 rings (SSSR count). The average molecular weight is 383 g/mol. The quantitative estimate of drug-likeness (QED) is 0.783. The van der Waals surface area contributed by atoms with E-state index in [4.69, 9.17) is 9.72 Å². The van der Waals surface area contributed by atoms with E-state index in [9.17, 15) is 0 Å². The number of likely N-dealkylation sites (N-methyl/N-ethyl adjacent to an activating group) is 1. The molecular weight excluding hydrogens is 352 g/mol. The lowest BCUT2D eigenvalue weighted by molar-refractivity contribution is 0.270. The number of ether oxygens (including phenoxy) is 1. The van der Waals surface area contributed by atoms with Crippen molar-refractivity contribution in [2.75, 3.05) is 80.7 Å². The minimum Gasteiger partial charge on any atom is -0.497 e. The standard InChI is InChI=1S/C21H30N6O/c1-3-24-10-12-27(13-11-24)21-22-9-8-20(23-21)26-16-14-25(15-17-26)18-4-6-19(28-2)7-5-18/h4-9H,3,10-17H2,1-2H3. The lowest BCUT2D eigenvalue weighted by Crippen LogP contribution is -2.48. The van der Waals surface area contributed by atoms with Crippen molar-refractivity contribution in [1.82, 2.24) is 14.9 Å². The minimum absolute atomic E-state index is 0.867. The summed E-state index contributed by atoms with van der Waals surface area (Å²) in [4.78, 5) is 19.0. The van der Waals surface area contributed by atoms with Crippen LogP contribution in [0.25, 0.3) is 0 Å². The first kappa shape index (κ1) is 18.8. The van der Waals surface area contributed by atoms with Gasteiger partial charge in [0.05, 0.1) is 7.11 Å². The maximum atomic E-state index is 5.26. The topological polar surface area (TPSA) is 48.0 Å². The number of hydrogen-bond donors (Lipinski definition) is 0. The molecule has 0 spiro atoms. The van der Waals surface area contributed by atoms with Gasteiger partial charge in [-0.05, 0) is 36.9 Å². The van der Waals surface area contributed by atoms with Crippen molar-refractivity contribution in [3.63, 3.8) is 0 Å². The van der Waals surface area contributed by atoms with Crippen LogP contribution in [0.2, 0.25) is 0 Å². The highest BCUT2D eigenvalue weighted by atomic mass is 16.5. The summed E-state index contributed by atoms with van der Waals surface area (Å²) >= 11 is 0. The molecule has 0 aliphatic carbocycles. The van der Waals surface area contributed by atoms with E-state index < -0.39 is 0 Å². The Morgan fingerprint density at radius 3 is 2.11 bits per heavy atom. The minimum atomic E-state index is 0.867. The molecule has 2 aliphatic rings. The molecule has 0 saturated carbocycles. The predicted octanol–water partition coefficient (Wildman–Crippen LogP) is 1.95. The number of benzene rings is 1. The van der Waals surface area contributed by atoms with Gasteiger partial charge in [-0.15, -0.1) is 0 Å². The molecule has 3 heterocycles.